The van der Waals surface area contributed by atoms with Gasteiger partial charge >= 0.3 is 0 Å². The van der Waals surface area contributed by atoms with E-state index in [0.717, 1.165) is 90.1 Å². The second-order valence-electron chi connectivity index (χ2n) is 13.5. The molecule has 274 valence electrons. The van der Waals surface area contributed by atoms with Crippen molar-refractivity contribution in [3.63, 3.8) is 0 Å². The predicted molar refractivity (Wildman–Crippen MR) is 219 cm³/mol. The van der Waals surface area contributed by atoms with Gasteiger partial charge in [-0.05, 0) is 97.5 Å². The Balaban J connectivity index is 0.899. The summed E-state index contributed by atoms with van der Waals surface area (Å²) in [5.74, 6) is 0. The largest absolute Gasteiger partial charge is 0.294 e. The number of hydrogen-bond donors (Lipinski definition) is 1. The molecule has 0 aliphatic heterocycles. The minimum atomic E-state index is -4.33. The molecule has 2 aliphatic carbocycles. The van der Waals surface area contributed by atoms with Gasteiger partial charge in [0, 0.05) is 45.1 Å². The van der Waals surface area contributed by atoms with Gasteiger partial charge in [0.1, 0.15) is 0 Å². The summed E-state index contributed by atoms with van der Waals surface area (Å²) in [6.07, 6.45) is 16.1. The van der Waals surface area contributed by atoms with Crippen LogP contribution in [0.5, 0.6) is 0 Å². The van der Waals surface area contributed by atoms with E-state index in [1.807, 2.05) is 29.0 Å². The Morgan fingerprint density at radius 3 is 1.69 bits per heavy atom. The van der Waals surface area contributed by atoms with Gasteiger partial charge in [0.05, 0.1) is 49.1 Å². The lowest BCUT2D eigenvalue weighted by Gasteiger charge is -2.10. The van der Waals surface area contributed by atoms with E-state index in [2.05, 4.69) is 42.5 Å². The number of aromatic nitrogens is 4. The van der Waals surface area contributed by atoms with Crippen LogP contribution in [0.4, 0.5) is 0 Å². The molecule has 2 aliphatic rings. The Kier molecular flexibility index (Phi) is 10.3. The van der Waals surface area contributed by atoms with Crippen LogP contribution < -0.4 is 0 Å². The highest BCUT2D eigenvalue weighted by molar-refractivity contribution is 7.85. The Hall–Kier alpha value is -4.15. The number of unbranched alkanes of at least 4 members (excludes halogenated alkanes) is 5. The zero-order chi connectivity index (χ0) is 37.6. The molecular formula is C42H34Cl4N4O3S. The maximum Gasteiger partial charge on any atom is 0.294 e. The second-order valence-corrected chi connectivity index (χ2v) is 16.6. The van der Waals surface area contributed by atoms with E-state index in [4.69, 9.17) is 56.6 Å². The summed E-state index contributed by atoms with van der Waals surface area (Å²) in [7, 11) is -4.33. The molecule has 0 saturated carbocycles. The van der Waals surface area contributed by atoms with Gasteiger partial charge in [-0.3, -0.25) is 4.55 Å². The number of halogens is 4. The van der Waals surface area contributed by atoms with Gasteiger partial charge in [0.25, 0.3) is 10.1 Å². The summed E-state index contributed by atoms with van der Waals surface area (Å²) in [6, 6.07) is 23.9. The molecule has 0 radical (unpaired) electrons. The molecule has 54 heavy (non-hydrogen) atoms. The zero-order valence-corrected chi connectivity index (χ0v) is 32.8. The molecule has 0 saturated heterocycles. The van der Waals surface area contributed by atoms with Crippen molar-refractivity contribution in [3.05, 3.63) is 145 Å². The first kappa shape index (κ1) is 36.8. The molecule has 4 aromatic carbocycles. The monoisotopic (exact) mass is 814 g/mol. The third-order valence-electron chi connectivity index (χ3n) is 9.98. The molecule has 0 unspecified atom stereocenters. The van der Waals surface area contributed by atoms with Crippen molar-refractivity contribution in [2.45, 2.75) is 56.3 Å². The van der Waals surface area contributed by atoms with E-state index in [-0.39, 0.29) is 4.90 Å². The van der Waals surface area contributed by atoms with Crippen molar-refractivity contribution in [1.82, 2.24) is 19.6 Å². The third kappa shape index (κ3) is 7.19. The number of hydrogen-bond acceptors (Lipinski definition) is 4. The fourth-order valence-corrected chi connectivity index (χ4v) is 8.93. The maximum atomic E-state index is 11.9. The van der Waals surface area contributed by atoms with Crippen molar-refractivity contribution in [1.29, 1.82) is 0 Å². The molecule has 8 rings (SSSR count). The molecule has 0 spiro atoms. The van der Waals surface area contributed by atoms with Crippen molar-refractivity contribution in [3.8, 4) is 33.9 Å². The standard InChI is InChI=1S/C42H34Cl4N4O3S/c43-28-15-19-39(35(45)24-28)49-41-31-12-10-9-11-26(31)22-33(41)37(47-49)13-7-5-3-1-2-4-6-8-14-38-34-23-27-21-30(54(51,52)53)17-18-32(27)42(34)50(48-38)40-20-16-29(44)25-36(40)46/h7-21,24-25H,1-6,22-23H2,(H,51,52,53)/b13-7+,14-8+. The fraction of sp³-hybridized carbons (Fsp3) is 0.190. The van der Waals surface area contributed by atoms with Gasteiger partial charge in [0.15, 0.2) is 0 Å². The van der Waals surface area contributed by atoms with Crippen LogP contribution in [0.25, 0.3) is 46.0 Å². The van der Waals surface area contributed by atoms with Crippen LogP contribution in [0.15, 0.2) is 95.9 Å². The quantitative estimate of drug-likeness (QED) is 0.0980. The normalized spacial score (nSPS) is 13.2. The number of benzene rings is 4. The molecule has 6 aromatic rings. The van der Waals surface area contributed by atoms with E-state index in [1.165, 1.54) is 28.8 Å². The molecule has 7 nitrogen and oxygen atoms in total. The lowest BCUT2D eigenvalue weighted by atomic mass is 10.1. The van der Waals surface area contributed by atoms with Crippen molar-refractivity contribution >= 4 is 68.7 Å². The SMILES string of the molecule is O=S(=O)(O)c1ccc2c(c1)Cc1c(/C=C/CCCCCC/C=C/c3nn(-c4ccc(Cl)cc4Cl)c4c3Cc3ccccc3-4)nn(-c3ccc(Cl)cc3Cl)c1-2. The Bertz CT molecular complexity index is 2610. The lowest BCUT2D eigenvalue weighted by Crippen LogP contribution is -2.02. The van der Waals surface area contributed by atoms with Crippen LogP contribution >= 0.6 is 46.4 Å². The first-order chi connectivity index (χ1) is 26.1. The third-order valence-corrected chi connectivity index (χ3v) is 11.9. The summed E-state index contributed by atoms with van der Waals surface area (Å²) >= 11 is 25.6. The van der Waals surface area contributed by atoms with Crippen LogP contribution in [0.1, 0.15) is 72.2 Å². The average Bonchev–Trinajstić information content (AvgIpc) is 3.88. The minimum Gasteiger partial charge on any atom is -0.282 e. The van der Waals surface area contributed by atoms with Crippen LogP contribution in [0, 0.1) is 0 Å². The summed E-state index contributed by atoms with van der Waals surface area (Å²) in [5.41, 5.74) is 11.5. The first-order valence-corrected chi connectivity index (χ1v) is 20.7. The van der Waals surface area contributed by atoms with Gasteiger partial charge in [-0.25, -0.2) is 9.36 Å². The molecule has 12 heteroatoms. The van der Waals surface area contributed by atoms with Gasteiger partial charge in [-0.2, -0.15) is 18.6 Å². The van der Waals surface area contributed by atoms with Crippen LogP contribution in [-0.4, -0.2) is 32.5 Å². The van der Waals surface area contributed by atoms with E-state index < -0.39 is 10.1 Å². The smallest absolute Gasteiger partial charge is 0.282 e. The van der Waals surface area contributed by atoms with E-state index in [9.17, 15) is 13.0 Å². The summed E-state index contributed by atoms with van der Waals surface area (Å²) in [6.45, 7) is 0. The topological polar surface area (TPSA) is 90.0 Å². The molecule has 0 amide bonds. The van der Waals surface area contributed by atoms with Crippen LogP contribution in [0.2, 0.25) is 20.1 Å². The van der Waals surface area contributed by atoms with E-state index >= 15 is 0 Å². The van der Waals surface area contributed by atoms with Crippen LogP contribution in [-0.2, 0) is 23.0 Å². The Morgan fingerprint density at radius 1 is 0.630 bits per heavy atom. The van der Waals surface area contributed by atoms with Crippen LogP contribution in [0.3, 0.4) is 0 Å². The molecule has 2 aromatic heterocycles. The predicted octanol–water partition coefficient (Wildman–Crippen LogP) is 12.1. The van der Waals surface area contributed by atoms with Gasteiger partial charge in [-0.1, -0.05) is 102 Å². The number of fused-ring (bicyclic) bond motifs is 6. The first-order valence-electron chi connectivity index (χ1n) is 17.7. The zero-order valence-electron chi connectivity index (χ0n) is 28.9. The van der Waals surface area contributed by atoms with E-state index in [0.29, 0.717) is 32.2 Å². The van der Waals surface area contributed by atoms with Crippen molar-refractivity contribution < 1.29 is 13.0 Å². The molecule has 2 heterocycles. The van der Waals surface area contributed by atoms with Gasteiger partial charge in [-0.15, -0.1) is 0 Å². The van der Waals surface area contributed by atoms with Gasteiger partial charge < -0.3 is 0 Å². The number of rotatable bonds is 12. The minimum absolute atomic E-state index is 0.132. The maximum absolute atomic E-state index is 11.9. The highest BCUT2D eigenvalue weighted by atomic mass is 35.5. The lowest BCUT2D eigenvalue weighted by molar-refractivity contribution is 0.483. The highest BCUT2D eigenvalue weighted by Gasteiger charge is 2.30. The summed E-state index contributed by atoms with van der Waals surface area (Å²) in [4.78, 5) is -0.132. The molecule has 0 fully saturated rings. The number of nitrogens with zero attached hydrogens (tertiary/aromatic N) is 4. The fourth-order valence-electron chi connectivity index (χ4n) is 7.42. The van der Waals surface area contributed by atoms with E-state index in [1.54, 1.807) is 28.9 Å². The Labute approximate surface area is 334 Å². The average molecular weight is 817 g/mol. The second kappa shape index (κ2) is 15.2. The molecule has 1 N–H and O–H groups in total. The molecule has 0 bridgehead atoms. The highest BCUT2D eigenvalue weighted by Crippen LogP contribution is 2.43. The Morgan fingerprint density at radius 2 is 1.15 bits per heavy atom. The van der Waals surface area contributed by atoms with Crippen molar-refractivity contribution in [2.24, 2.45) is 0 Å². The summed E-state index contributed by atoms with van der Waals surface area (Å²) < 4.78 is 37.1. The molecular weight excluding hydrogens is 782 g/mol. The number of allylic oxidation sites excluding steroid dienone is 2. The van der Waals surface area contributed by atoms with Crippen molar-refractivity contribution in [2.75, 3.05) is 0 Å². The molecule has 0 atom stereocenters. The summed E-state index contributed by atoms with van der Waals surface area (Å²) in [5, 5.41) is 12.0. The van der Waals surface area contributed by atoms with Gasteiger partial charge in [0.2, 0.25) is 0 Å².